The molecule has 42 heavy (non-hydrogen) atoms. The van der Waals surface area contributed by atoms with Crippen molar-refractivity contribution in [3.05, 3.63) is 97.6 Å². The highest BCUT2D eigenvalue weighted by atomic mass is 19.2. The van der Waals surface area contributed by atoms with E-state index in [1.807, 2.05) is 0 Å². The molecular weight excluding hydrogens is 582 g/mol. The van der Waals surface area contributed by atoms with Gasteiger partial charge in [0.25, 0.3) is 0 Å². The fourth-order valence-electron chi connectivity index (χ4n) is 3.35. The number of aromatic nitrogens is 2. The van der Waals surface area contributed by atoms with Crippen molar-refractivity contribution in [1.82, 2.24) is 9.55 Å². The quantitative estimate of drug-likeness (QED) is 0.177. The van der Waals surface area contributed by atoms with Crippen LogP contribution in [0.15, 0.2) is 40.7 Å². The van der Waals surface area contributed by atoms with E-state index in [9.17, 15) is 50.3 Å². The Balaban J connectivity index is 0.000000248. The molecule has 0 radical (unpaired) electrons. The second-order valence-electron chi connectivity index (χ2n) is 7.82. The number of nitrogens with one attached hydrogen (secondary N) is 1. The average Bonchev–Trinajstić information content (AvgIpc) is 2.92. The summed E-state index contributed by atoms with van der Waals surface area (Å²) in [6.07, 6.45) is 2.50. The first kappa shape index (κ1) is 32.8. The minimum atomic E-state index is -1.74. The third-order valence-corrected chi connectivity index (χ3v) is 5.17. The SMILES string of the molecule is C=Cn1cc(C(=O)O)c(=O)c2cc(F)c(F)c(F)c21.CCOC(C)=O.O=C(O)c1c[nH]c2c(F)c(F)c(F)cc2c1=O. The molecule has 0 unspecified atom stereocenters. The van der Waals surface area contributed by atoms with Crippen molar-refractivity contribution in [3.63, 3.8) is 0 Å². The van der Waals surface area contributed by atoms with Gasteiger partial charge in [0, 0.05) is 25.5 Å². The van der Waals surface area contributed by atoms with E-state index >= 15 is 0 Å². The molecule has 0 atom stereocenters. The average molecular weight is 600 g/mol. The molecule has 0 amide bonds. The van der Waals surface area contributed by atoms with Gasteiger partial charge in [-0.25, -0.2) is 35.9 Å². The van der Waals surface area contributed by atoms with E-state index in [0.29, 0.717) is 18.7 Å². The lowest BCUT2D eigenvalue weighted by Gasteiger charge is -2.09. The standard InChI is InChI=1S/C12H6F3NO3.C10H4F3NO3.C4H8O2/c1-2-16-4-6(12(18)19)11(17)5-3-7(13)8(14)9(15)10(5)16;11-5-1-3-8(7(13)6(5)12)14-2-4(9(3)15)10(16)17;1-3-6-4(2)5/h2-4H,1H2,(H,18,19);1-2H,(H,14,15)(H,16,17);3H2,1-2H3. The normalized spacial score (nSPS) is 10.3. The van der Waals surface area contributed by atoms with E-state index in [2.05, 4.69) is 16.3 Å². The summed E-state index contributed by atoms with van der Waals surface area (Å²) in [4.78, 5) is 56.7. The number of hydrogen-bond acceptors (Lipinski definition) is 6. The highest BCUT2D eigenvalue weighted by Gasteiger charge is 2.21. The number of fused-ring (bicyclic) bond motifs is 2. The smallest absolute Gasteiger partial charge is 0.341 e. The Morgan fingerprint density at radius 2 is 1.38 bits per heavy atom. The van der Waals surface area contributed by atoms with Crippen LogP contribution in [0.4, 0.5) is 26.3 Å². The van der Waals surface area contributed by atoms with Crippen LogP contribution in [0.25, 0.3) is 28.0 Å². The monoisotopic (exact) mass is 600 g/mol. The number of rotatable bonds is 4. The van der Waals surface area contributed by atoms with Gasteiger partial charge in [0.05, 0.1) is 28.4 Å². The van der Waals surface area contributed by atoms with Gasteiger partial charge in [0.15, 0.2) is 34.9 Å². The summed E-state index contributed by atoms with van der Waals surface area (Å²) in [5, 5.41) is 16.3. The van der Waals surface area contributed by atoms with E-state index < -0.39 is 90.6 Å². The van der Waals surface area contributed by atoms with Gasteiger partial charge in [0.2, 0.25) is 10.9 Å². The maximum absolute atomic E-state index is 13.6. The highest BCUT2D eigenvalue weighted by Crippen LogP contribution is 2.22. The predicted octanol–water partition coefficient (Wildman–Crippen LogP) is 4.43. The summed E-state index contributed by atoms with van der Waals surface area (Å²) in [6, 6.07) is 0.918. The third kappa shape index (κ3) is 6.65. The fraction of sp³-hybridized carbons (Fsp3) is 0.115. The van der Waals surface area contributed by atoms with Gasteiger partial charge in [-0.05, 0) is 19.1 Å². The Labute approximate surface area is 229 Å². The zero-order chi connectivity index (χ0) is 32.0. The molecule has 2 heterocycles. The topological polar surface area (TPSA) is 156 Å². The molecule has 4 rings (SSSR count). The molecule has 0 aliphatic heterocycles. The van der Waals surface area contributed by atoms with Crippen molar-refractivity contribution >= 4 is 45.9 Å². The van der Waals surface area contributed by atoms with Crippen LogP contribution in [0.1, 0.15) is 34.6 Å². The molecule has 4 aromatic rings. The highest BCUT2D eigenvalue weighted by molar-refractivity contribution is 5.94. The number of carbonyl (C=O) groups is 3. The Morgan fingerprint density at radius 1 is 0.881 bits per heavy atom. The maximum Gasteiger partial charge on any atom is 0.341 e. The van der Waals surface area contributed by atoms with Gasteiger partial charge in [0.1, 0.15) is 11.1 Å². The summed E-state index contributed by atoms with van der Waals surface area (Å²) >= 11 is 0. The fourth-order valence-corrected chi connectivity index (χ4v) is 3.35. The number of ether oxygens (including phenoxy) is 1. The number of carboxylic acid groups (broad SMARTS) is 2. The van der Waals surface area contributed by atoms with Crippen molar-refractivity contribution in [1.29, 1.82) is 0 Å². The molecule has 0 spiro atoms. The van der Waals surface area contributed by atoms with Crippen molar-refractivity contribution in [2.24, 2.45) is 0 Å². The van der Waals surface area contributed by atoms with Crippen LogP contribution in [0.5, 0.6) is 0 Å². The summed E-state index contributed by atoms with van der Waals surface area (Å²) < 4.78 is 84.2. The molecule has 2 aromatic carbocycles. The first-order valence-corrected chi connectivity index (χ1v) is 11.2. The van der Waals surface area contributed by atoms with Crippen LogP contribution in [-0.2, 0) is 9.53 Å². The number of halogens is 6. The number of aromatic carboxylic acids is 2. The molecule has 0 saturated heterocycles. The van der Waals surface area contributed by atoms with Crippen LogP contribution >= 0.6 is 0 Å². The van der Waals surface area contributed by atoms with Gasteiger partial charge in [-0.3, -0.25) is 14.4 Å². The van der Waals surface area contributed by atoms with E-state index in [-0.39, 0.29) is 5.97 Å². The number of benzene rings is 2. The molecule has 3 N–H and O–H groups in total. The number of H-pyrrole nitrogens is 1. The number of esters is 1. The van der Waals surface area contributed by atoms with E-state index in [4.69, 9.17) is 10.2 Å². The molecule has 222 valence electrons. The van der Waals surface area contributed by atoms with Crippen LogP contribution < -0.4 is 10.9 Å². The van der Waals surface area contributed by atoms with Crippen LogP contribution in [0.3, 0.4) is 0 Å². The first-order valence-electron chi connectivity index (χ1n) is 11.2. The number of aromatic amines is 1. The Bertz CT molecular complexity index is 1870. The lowest BCUT2D eigenvalue weighted by atomic mass is 10.1. The molecule has 0 aliphatic rings. The van der Waals surface area contributed by atoms with Gasteiger partial charge >= 0.3 is 17.9 Å². The number of nitrogens with zero attached hydrogens (tertiary/aromatic N) is 1. The van der Waals surface area contributed by atoms with Crippen LogP contribution in [0.2, 0.25) is 0 Å². The van der Waals surface area contributed by atoms with Crippen molar-refractivity contribution in [2.75, 3.05) is 6.61 Å². The van der Waals surface area contributed by atoms with Crippen molar-refractivity contribution in [2.45, 2.75) is 13.8 Å². The maximum atomic E-state index is 13.6. The summed E-state index contributed by atoms with van der Waals surface area (Å²) in [5.41, 5.74) is -4.69. The lowest BCUT2D eigenvalue weighted by Crippen LogP contribution is -2.19. The van der Waals surface area contributed by atoms with Crippen molar-refractivity contribution in [3.8, 4) is 0 Å². The second-order valence-corrected chi connectivity index (χ2v) is 7.82. The number of pyridine rings is 2. The number of hydrogen-bond donors (Lipinski definition) is 3. The zero-order valence-corrected chi connectivity index (χ0v) is 21.4. The first-order chi connectivity index (χ1) is 19.6. The lowest BCUT2D eigenvalue weighted by molar-refractivity contribution is -0.140. The van der Waals surface area contributed by atoms with Gasteiger partial charge in [-0.15, -0.1) is 0 Å². The summed E-state index contributed by atoms with van der Waals surface area (Å²) in [6.45, 7) is 6.94. The summed E-state index contributed by atoms with van der Waals surface area (Å²) in [5.74, 6) is -13.0. The van der Waals surface area contributed by atoms with Gasteiger partial charge < -0.3 is 24.5 Å². The van der Waals surface area contributed by atoms with Gasteiger partial charge in [-0.2, -0.15) is 0 Å². The van der Waals surface area contributed by atoms with E-state index in [1.165, 1.54) is 6.92 Å². The Morgan fingerprint density at radius 3 is 1.83 bits per heavy atom. The molecule has 0 bridgehead atoms. The van der Waals surface area contributed by atoms with Crippen LogP contribution in [0, 0.1) is 34.9 Å². The zero-order valence-electron chi connectivity index (χ0n) is 21.4. The van der Waals surface area contributed by atoms with Gasteiger partial charge in [-0.1, -0.05) is 6.58 Å². The Hall–Kier alpha value is -5.41. The molecule has 0 saturated carbocycles. The molecular formula is C26H18F6N2O8. The third-order valence-electron chi connectivity index (χ3n) is 5.17. The van der Waals surface area contributed by atoms with Crippen LogP contribution in [-0.4, -0.2) is 44.3 Å². The minimum Gasteiger partial charge on any atom is -0.477 e. The molecule has 0 fully saturated rings. The minimum absolute atomic E-state index is 0.211. The summed E-state index contributed by atoms with van der Waals surface area (Å²) in [7, 11) is 0. The number of carbonyl (C=O) groups excluding carboxylic acids is 1. The largest absolute Gasteiger partial charge is 0.477 e. The second kappa shape index (κ2) is 13.3. The van der Waals surface area contributed by atoms with E-state index in [1.54, 1.807) is 6.92 Å². The predicted molar refractivity (Wildman–Crippen MR) is 135 cm³/mol. The molecule has 10 nitrogen and oxygen atoms in total. The molecule has 16 heteroatoms. The number of carboxylic acids is 2. The van der Waals surface area contributed by atoms with E-state index in [0.717, 1.165) is 23.2 Å². The molecule has 0 aliphatic carbocycles. The Kier molecular flexibility index (Phi) is 10.4. The molecule has 2 aromatic heterocycles. The van der Waals surface area contributed by atoms with Crippen molar-refractivity contribution < 1.29 is 55.7 Å².